The number of carbonyl (C=O) groups is 1. The molecule has 0 unspecified atom stereocenters. The Bertz CT molecular complexity index is 733. The maximum absolute atomic E-state index is 11.9. The van der Waals surface area contributed by atoms with Crippen LogP contribution in [0.1, 0.15) is 16.9 Å². The number of thiophene rings is 1. The third-order valence-electron chi connectivity index (χ3n) is 3.39. The van der Waals surface area contributed by atoms with Crippen LogP contribution in [0.15, 0.2) is 52.5 Å². The summed E-state index contributed by atoms with van der Waals surface area (Å²) in [5.41, 5.74) is 1.58. The summed E-state index contributed by atoms with van der Waals surface area (Å²) < 4.78 is 5.34. The predicted octanol–water partition coefficient (Wildman–Crippen LogP) is 3.26. The molecular formula is C17H16N2O2S. The lowest BCUT2D eigenvalue weighted by atomic mass is 10.1. The van der Waals surface area contributed by atoms with Crippen LogP contribution in [-0.2, 0) is 11.2 Å². The van der Waals surface area contributed by atoms with Crippen LogP contribution in [-0.4, -0.2) is 18.9 Å². The Morgan fingerprint density at radius 2 is 2.09 bits per heavy atom. The van der Waals surface area contributed by atoms with Crippen LogP contribution in [0.2, 0.25) is 0 Å². The van der Waals surface area contributed by atoms with E-state index in [1.165, 1.54) is 0 Å². The van der Waals surface area contributed by atoms with Crippen molar-refractivity contribution < 1.29 is 9.53 Å². The zero-order chi connectivity index (χ0) is 15.4. The summed E-state index contributed by atoms with van der Waals surface area (Å²) >= 11 is 1.59. The SMILES string of the molecule is COc1ccccc1CCC1=N/C(=C/c2cccs2)C(=O)N1. The lowest BCUT2D eigenvalue weighted by Gasteiger charge is -2.07. The molecule has 3 rings (SSSR count). The van der Waals surface area contributed by atoms with E-state index in [2.05, 4.69) is 10.3 Å². The molecule has 0 saturated heterocycles. The van der Waals surface area contributed by atoms with E-state index in [-0.39, 0.29) is 5.91 Å². The summed E-state index contributed by atoms with van der Waals surface area (Å²) in [4.78, 5) is 17.4. The Morgan fingerprint density at radius 1 is 1.23 bits per heavy atom. The first-order valence-corrected chi connectivity index (χ1v) is 7.90. The molecule has 4 nitrogen and oxygen atoms in total. The Labute approximate surface area is 133 Å². The molecule has 22 heavy (non-hydrogen) atoms. The van der Waals surface area contributed by atoms with E-state index in [0.717, 1.165) is 22.6 Å². The molecule has 1 N–H and O–H groups in total. The largest absolute Gasteiger partial charge is 0.496 e. The van der Waals surface area contributed by atoms with Crippen LogP contribution in [0.25, 0.3) is 6.08 Å². The minimum atomic E-state index is -0.136. The first-order valence-electron chi connectivity index (χ1n) is 7.02. The molecule has 1 aliphatic heterocycles. The van der Waals surface area contributed by atoms with Crippen molar-refractivity contribution in [2.45, 2.75) is 12.8 Å². The highest BCUT2D eigenvalue weighted by Gasteiger charge is 2.20. The number of amidine groups is 1. The van der Waals surface area contributed by atoms with Gasteiger partial charge >= 0.3 is 0 Å². The van der Waals surface area contributed by atoms with Gasteiger partial charge in [-0.25, -0.2) is 4.99 Å². The molecule has 0 atom stereocenters. The first kappa shape index (κ1) is 14.5. The smallest absolute Gasteiger partial charge is 0.275 e. The molecule has 0 saturated carbocycles. The highest BCUT2D eigenvalue weighted by molar-refractivity contribution is 7.10. The number of nitrogens with one attached hydrogen (secondary N) is 1. The molecule has 0 radical (unpaired) electrons. The van der Waals surface area contributed by atoms with Crippen molar-refractivity contribution in [2.75, 3.05) is 7.11 Å². The van der Waals surface area contributed by atoms with Gasteiger partial charge in [-0.05, 0) is 35.6 Å². The zero-order valence-electron chi connectivity index (χ0n) is 12.2. The van der Waals surface area contributed by atoms with Gasteiger partial charge in [-0.3, -0.25) is 4.79 Å². The summed E-state index contributed by atoms with van der Waals surface area (Å²) in [6, 6.07) is 11.8. The molecule has 0 fully saturated rings. The van der Waals surface area contributed by atoms with Gasteiger partial charge in [-0.15, -0.1) is 11.3 Å². The van der Waals surface area contributed by atoms with Gasteiger partial charge in [0.25, 0.3) is 5.91 Å². The average molecular weight is 312 g/mol. The Kier molecular flexibility index (Phi) is 4.34. The molecule has 1 aromatic heterocycles. The summed E-state index contributed by atoms with van der Waals surface area (Å²) in [5.74, 6) is 1.43. The van der Waals surface area contributed by atoms with Gasteiger partial charge in [-0.1, -0.05) is 24.3 Å². The summed E-state index contributed by atoms with van der Waals surface area (Å²) in [5, 5.41) is 4.81. The van der Waals surface area contributed by atoms with E-state index in [1.54, 1.807) is 18.4 Å². The molecule has 1 aliphatic rings. The van der Waals surface area contributed by atoms with E-state index >= 15 is 0 Å². The fourth-order valence-corrected chi connectivity index (χ4v) is 2.96. The van der Waals surface area contributed by atoms with E-state index in [9.17, 15) is 4.79 Å². The molecule has 0 bridgehead atoms. The third-order valence-corrected chi connectivity index (χ3v) is 4.21. The Balaban J connectivity index is 1.70. The highest BCUT2D eigenvalue weighted by atomic mass is 32.1. The number of nitrogens with zero attached hydrogens (tertiary/aromatic N) is 1. The number of aryl methyl sites for hydroxylation is 1. The molecule has 5 heteroatoms. The Morgan fingerprint density at radius 3 is 2.86 bits per heavy atom. The second kappa shape index (κ2) is 6.58. The first-order chi connectivity index (χ1) is 10.8. The van der Waals surface area contributed by atoms with Crippen LogP contribution in [0.5, 0.6) is 5.75 Å². The molecule has 0 spiro atoms. The number of rotatable bonds is 5. The van der Waals surface area contributed by atoms with Crippen molar-refractivity contribution in [3.8, 4) is 5.75 Å². The van der Waals surface area contributed by atoms with Gasteiger partial charge in [-0.2, -0.15) is 0 Å². The predicted molar refractivity (Wildman–Crippen MR) is 89.2 cm³/mol. The number of benzene rings is 1. The van der Waals surface area contributed by atoms with E-state index in [1.807, 2.05) is 47.9 Å². The van der Waals surface area contributed by atoms with Crippen LogP contribution >= 0.6 is 11.3 Å². The van der Waals surface area contributed by atoms with E-state index in [4.69, 9.17) is 4.74 Å². The Hall–Kier alpha value is -2.40. The number of hydrogen-bond acceptors (Lipinski definition) is 4. The average Bonchev–Trinajstić information content (AvgIpc) is 3.16. The number of methoxy groups -OCH3 is 1. The molecule has 1 aromatic carbocycles. The quantitative estimate of drug-likeness (QED) is 0.862. The van der Waals surface area contributed by atoms with Gasteiger partial charge in [0.05, 0.1) is 7.11 Å². The topological polar surface area (TPSA) is 50.7 Å². The van der Waals surface area contributed by atoms with Crippen molar-refractivity contribution in [3.63, 3.8) is 0 Å². The summed E-state index contributed by atoms with van der Waals surface area (Å²) in [7, 11) is 1.66. The minimum absolute atomic E-state index is 0.136. The molecule has 112 valence electrons. The second-order valence-electron chi connectivity index (χ2n) is 4.87. The van der Waals surface area contributed by atoms with E-state index in [0.29, 0.717) is 18.0 Å². The van der Waals surface area contributed by atoms with Gasteiger partial charge in [0.1, 0.15) is 17.3 Å². The van der Waals surface area contributed by atoms with Crippen LogP contribution in [0.3, 0.4) is 0 Å². The standard InChI is InChI=1S/C17H16N2O2S/c1-21-15-7-3-2-5-12(15)8-9-16-18-14(17(20)19-16)11-13-6-4-10-22-13/h2-7,10-11H,8-9H2,1H3,(H,18,19,20)/b14-11+. The number of ether oxygens (including phenoxy) is 1. The molecule has 2 aromatic rings. The molecule has 0 aliphatic carbocycles. The van der Waals surface area contributed by atoms with Gasteiger partial charge in [0, 0.05) is 11.3 Å². The highest BCUT2D eigenvalue weighted by Crippen LogP contribution is 2.21. The van der Waals surface area contributed by atoms with Gasteiger partial charge < -0.3 is 10.1 Å². The lowest BCUT2D eigenvalue weighted by Crippen LogP contribution is -2.24. The molecule has 1 amide bonds. The molecular weight excluding hydrogens is 296 g/mol. The summed E-state index contributed by atoms with van der Waals surface area (Å²) in [6.45, 7) is 0. The second-order valence-corrected chi connectivity index (χ2v) is 5.85. The maximum atomic E-state index is 11.9. The number of amides is 1. The van der Waals surface area contributed by atoms with Crippen LogP contribution < -0.4 is 10.1 Å². The fraction of sp³-hybridized carbons (Fsp3) is 0.176. The van der Waals surface area contributed by atoms with Crippen LogP contribution in [0.4, 0.5) is 0 Å². The number of hydrogen-bond donors (Lipinski definition) is 1. The van der Waals surface area contributed by atoms with Crippen molar-refractivity contribution in [3.05, 3.63) is 57.9 Å². The summed E-state index contributed by atoms with van der Waals surface area (Å²) in [6.07, 6.45) is 3.26. The van der Waals surface area contributed by atoms with Gasteiger partial charge in [0.2, 0.25) is 0 Å². The fourth-order valence-electron chi connectivity index (χ4n) is 2.31. The lowest BCUT2D eigenvalue weighted by molar-refractivity contribution is -0.115. The molecule has 2 heterocycles. The normalized spacial score (nSPS) is 15.8. The van der Waals surface area contributed by atoms with Crippen molar-refractivity contribution in [1.82, 2.24) is 5.32 Å². The third kappa shape index (κ3) is 3.26. The van der Waals surface area contributed by atoms with E-state index < -0.39 is 0 Å². The monoisotopic (exact) mass is 312 g/mol. The van der Waals surface area contributed by atoms with Crippen molar-refractivity contribution >= 4 is 29.2 Å². The number of para-hydroxylation sites is 1. The van der Waals surface area contributed by atoms with Gasteiger partial charge in [0.15, 0.2) is 0 Å². The minimum Gasteiger partial charge on any atom is -0.496 e. The van der Waals surface area contributed by atoms with Crippen molar-refractivity contribution in [1.29, 1.82) is 0 Å². The number of carbonyl (C=O) groups excluding carboxylic acids is 1. The van der Waals surface area contributed by atoms with Crippen molar-refractivity contribution in [2.24, 2.45) is 4.99 Å². The van der Waals surface area contributed by atoms with Crippen LogP contribution in [0, 0.1) is 0 Å². The zero-order valence-corrected chi connectivity index (χ0v) is 13.0. The number of aliphatic imine (C=N–C) groups is 1. The maximum Gasteiger partial charge on any atom is 0.275 e.